The average molecular weight is 229 g/mol. The summed E-state index contributed by atoms with van der Waals surface area (Å²) in [5.74, 6) is -0.874. The smallest absolute Gasteiger partial charge is 0.312 e. The lowest BCUT2D eigenvalue weighted by molar-refractivity contribution is -0.175. The second-order valence-electron chi connectivity index (χ2n) is 5.22. The zero-order valence-corrected chi connectivity index (χ0v) is 10.5. The fraction of sp³-hybridized carbons (Fsp3) is 0.917. The zero-order valence-electron chi connectivity index (χ0n) is 10.5. The normalized spacial score (nSPS) is 25.0. The van der Waals surface area contributed by atoms with Gasteiger partial charge in [0.25, 0.3) is 0 Å². The van der Waals surface area contributed by atoms with Gasteiger partial charge in [-0.3, -0.25) is 4.79 Å². The molecular weight excluding hydrogens is 206 g/mol. The van der Waals surface area contributed by atoms with E-state index in [0.29, 0.717) is 19.3 Å². The van der Waals surface area contributed by atoms with Crippen LogP contribution in [0.5, 0.6) is 0 Å². The molecule has 1 aliphatic heterocycles. The number of hydrogen-bond acceptors (Lipinski definition) is 3. The SMILES string of the molecule is CCCC(C)(C(=O)O)C1(O)CCN(C)CC1. The van der Waals surface area contributed by atoms with Crippen LogP contribution in [0.25, 0.3) is 0 Å². The summed E-state index contributed by atoms with van der Waals surface area (Å²) in [6.07, 6.45) is 2.40. The van der Waals surface area contributed by atoms with Gasteiger partial charge >= 0.3 is 5.97 Å². The van der Waals surface area contributed by atoms with Crippen molar-refractivity contribution in [1.82, 2.24) is 4.90 Å². The van der Waals surface area contributed by atoms with Gasteiger partial charge in [0.05, 0.1) is 11.0 Å². The molecule has 1 atom stereocenters. The number of nitrogens with zero attached hydrogens (tertiary/aromatic N) is 1. The lowest BCUT2D eigenvalue weighted by atomic mass is 9.66. The van der Waals surface area contributed by atoms with Crippen molar-refractivity contribution < 1.29 is 15.0 Å². The Balaban J connectivity index is 2.89. The topological polar surface area (TPSA) is 60.8 Å². The van der Waals surface area contributed by atoms with Crippen LogP contribution in [-0.2, 0) is 4.79 Å². The predicted molar refractivity (Wildman–Crippen MR) is 62.3 cm³/mol. The molecule has 0 bridgehead atoms. The van der Waals surface area contributed by atoms with Crippen molar-refractivity contribution in [2.45, 2.75) is 45.1 Å². The van der Waals surface area contributed by atoms with E-state index < -0.39 is 17.0 Å². The molecule has 0 spiro atoms. The van der Waals surface area contributed by atoms with Gasteiger partial charge in [0.15, 0.2) is 0 Å². The Kier molecular flexibility index (Phi) is 3.97. The highest BCUT2D eigenvalue weighted by Crippen LogP contribution is 2.42. The Morgan fingerprint density at radius 3 is 2.31 bits per heavy atom. The summed E-state index contributed by atoms with van der Waals surface area (Å²) in [5.41, 5.74) is -2.07. The van der Waals surface area contributed by atoms with Crippen LogP contribution in [0.1, 0.15) is 39.5 Å². The lowest BCUT2D eigenvalue weighted by Crippen LogP contribution is -2.56. The summed E-state index contributed by atoms with van der Waals surface area (Å²) in [4.78, 5) is 13.6. The third-order valence-corrected chi connectivity index (χ3v) is 4.06. The van der Waals surface area contributed by atoms with Crippen LogP contribution < -0.4 is 0 Å². The fourth-order valence-electron chi connectivity index (χ4n) is 2.58. The molecule has 4 heteroatoms. The maximum Gasteiger partial charge on any atom is 0.312 e. The largest absolute Gasteiger partial charge is 0.481 e. The molecule has 0 amide bonds. The minimum absolute atomic E-state index is 0.530. The number of carbonyl (C=O) groups is 1. The van der Waals surface area contributed by atoms with E-state index in [4.69, 9.17) is 0 Å². The molecular formula is C12H23NO3. The van der Waals surface area contributed by atoms with Crippen molar-refractivity contribution in [3.63, 3.8) is 0 Å². The second kappa shape index (κ2) is 4.72. The molecule has 0 aliphatic carbocycles. The monoisotopic (exact) mass is 229 g/mol. The van der Waals surface area contributed by atoms with Gasteiger partial charge < -0.3 is 15.1 Å². The van der Waals surface area contributed by atoms with E-state index >= 15 is 0 Å². The molecule has 1 fully saturated rings. The van der Waals surface area contributed by atoms with Gasteiger partial charge in [0.2, 0.25) is 0 Å². The Bertz CT molecular complexity index is 259. The van der Waals surface area contributed by atoms with Crippen LogP contribution in [0.3, 0.4) is 0 Å². The third kappa shape index (κ3) is 2.23. The van der Waals surface area contributed by atoms with E-state index in [1.54, 1.807) is 6.92 Å². The van der Waals surface area contributed by atoms with Crippen LogP contribution in [0, 0.1) is 5.41 Å². The summed E-state index contributed by atoms with van der Waals surface area (Å²) in [7, 11) is 2.00. The van der Waals surface area contributed by atoms with E-state index in [0.717, 1.165) is 19.5 Å². The van der Waals surface area contributed by atoms with E-state index in [1.165, 1.54) is 0 Å². The molecule has 4 nitrogen and oxygen atoms in total. The van der Waals surface area contributed by atoms with E-state index in [9.17, 15) is 15.0 Å². The summed E-state index contributed by atoms with van der Waals surface area (Å²) < 4.78 is 0. The Labute approximate surface area is 97.3 Å². The van der Waals surface area contributed by atoms with Crippen LogP contribution >= 0.6 is 0 Å². The molecule has 1 saturated heterocycles. The third-order valence-electron chi connectivity index (χ3n) is 4.06. The van der Waals surface area contributed by atoms with Crippen molar-refractivity contribution in [3.05, 3.63) is 0 Å². The van der Waals surface area contributed by atoms with Crippen molar-refractivity contribution >= 4 is 5.97 Å². The van der Waals surface area contributed by atoms with E-state index in [2.05, 4.69) is 4.90 Å². The molecule has 0 aromatic rings. The minimum Gasteiger partial charge on any atom is -0.481 e. The first-order chi connectivity index (χ1) is 7.35. The Hall–Kier alpha value is -0.610. The Morgan fingerprint density at radius 2 is 1.94 bits per heavy atom. The highest BCUT2D eigenvalue weighted by molar-refractivity contribution is 5.75. The second-order valence-corrected chi connectivity index (χ2v) is 5.22. The van der Waals surface area contributed by atoms with Gasteiger partial charge in [0, 0.05) is 13.1 Å². The molecule has 1 rings (SSSR count). The Morgan fingerprint density at radius 1 is 1.44 bits per heavy atom. The van der Waals surface area contributed by atoms with Crippen molar-refractivity contribution in [1.29, 1.82) is 0 Å². The number of hydrogen-bond donors (Lipinski definition) is 2. The molecule has 2 N–H and O–H groups in total. The molecule has 1 heterocycles. The minimum atomic E-state index is -1.05. The van der Waals surface area contributed by atoms with Crippen molar-refractivity contribution in [2.75, 3.05) is 20.1 Å². The first kappa shape index (κ1) is 13.5. The summed E-state index contributed by atoms with van der Waals surface area (Å²) in [6, 6.07) is 0. The number of carboxylic acids is 1. The first-order valence-electron chi connectivity index (χ1n) is 6.00. The standard InChI is InChI=1S/C12H23NO3/c1-4-5-11(2,10(14)15)12(16)6-8-13(3)9-7-12/h16H,4-9H2,1-3H3,(H,14,15). The summed E-state index contributed by atoms with van der Waals surface area (Å²) >= 11 is 0. The number of aliphatic hydroxyl groups is 1. The van der Waals surface area contributed by atoms with Crippen molar-refractivity contribution in [2.24, 2.45) is 5.41 Å². The zero-order chi connectivity index (χ0) is 12.4. The molecule has 1 aliphatic rings. The molecule has 0 aromatic heterocycles. The van der Waals surface area contributed by atoms with Crippen LogP contribution in [0.4, 0.5) is 0 Å². The van der Waals surface area contributed by atoms with Gasteiger partial charge in [-0.1, -0.05) is 13.3 Å². The molecule has 0 radical (unpaired) electrons. The maximum absolute atomic E-state index is 11.4. The van der Waals surface area contributed by atoms with Gasteiger partial charge in [-0.05, 0) is 33.2 Å². The molecule has 16 heavy (non-hydrogen) atoms. The fourth-order valence-corrected chi connectivity index (χ4v) is 2.58. The lowest BCUT2D eigenvalue weighted by Gasteiger charge is -2.46. The predicted octanol–water partition coefficient (Wildman–Crippen LogP) is 1.33. The van der Waals surface area contributed by atoms with Gasteiger partial charge in [-0.25, -0.2) is 0 Å². The maximum atomic E-state index is 11.4. The van der Waals surface area contributed by atoms with E-state index in [-0.39, 0.29) is 0 Å². The van der Waals surface area contributed by atoms with Crippen LogP contribution in [0.15, 0.2) is 0 Å². The van der Waals surface area contributed by atoms with Gasteiger partial charge in [0.1, 0.15) is 0 Å². The molecule has 0 aromatic carbocycles. The number of piperidine rings is 1. The van der Waals surface area contributed by atoms with E-state index in [1.807, 2.05) is 14.0 Å². The van der Waals surface area contributed by atoms with Crippen LogP contribution in [0.2, 0.25) is 0 Å². The number of aliphatic carboxylic acids is 1. The average Bonchev–Trinajstić information content (AvgIpc) is 2.22. The first-order valence-corrected chi connectivity index (χ1v) is 6.00. The highest BCUT2D eigenvalue weighted by Gasteiger charge is 2.52. The quantitative estimate of drug-likeness (QED) is 0.763. The van der Waals surface area contributed by atoms with Gasteiger partial charge in [-0.2, -0.15) is 0 Å². The van der Waals surface area contributed by atoms with Crippen molar-refractivity contribution in [3.8, 4) is 0 Å². The number of carboxylic acid groups (broad SMARTS) is 1. The molecule has 1 unspecified atom stereocenters. The van der Waals surface area contributed by atoms with Gasteiger partial charge in [-0.15, -0.1) is 0 Å². The summed E-state index contributed by atoms with van der Waals surface area (Å²) in [5, 5.41) is 20.0. The molecule has 0 saturated carbocycles. The summed E-state index contributed by atoms with van der Waals surface area (Å²) in [6.45, 7) is 5.18. The number of rotatable bonds is 4. The molecule has 94 valence electrons. The number of likely N-dealkylation sites (tertiary alicyclic amines) is 1. The highest BCUT2D eigenvalue weighted by atomic mass is 16.4. The van der Waals surface area contributed by atoms with Crippen LogP contribution in [-0.4, -0.2) is 46.8 Å².